The molecule has 0 amide bonds. The van der Waals surface area contributed by atoms with Crippen molar-refractivity contribution in [3.05, 3.63) is 90.0 Å². The van der Waals surface area contributed by atoms with Gasteiger partial charge in [-0.05, 0) is 105 Å². The van der Waals surface area contributed by atoms with Gasteiger partial charge in [0.05, 0.1) is 10.9 Å². The molecule has 33 heavy (non-hydrogen) atoms. The van der Waals surface area contributed by atoms with E-state index in [0.29, 0.717) is 17.8 Å². The number of carbonyl (C=O) groups is 1. The lowest BCUT2D eigenvalue weighted by Gasteiger charge is -2.57. The molecule has 0 heterocycles. The number of hydrogen-bond donors (Lipinski definition) is 0. The Kier molecular flexibility index (Phi) is 6.53. The molecule has 0 saturated heterocycles. The Morgan fingerprint density at radius 2 is 1.09 bits per heavy atom. The third-order valence-corrected chi connectivity index (χ3v) is 9.96. The molecular formula is C29H29ClO2S. The normalized spacial score (nSPS) is 27.2. The predicted molar refractivity (Wildman–Crippen MR) is 132 cm³/mol. The van der Waals surface area contributed by atoms with Gasteiger partial charge in [-0.15, -0.1) is 0 Å². The van der Waals surface area contributed by atoms with Crippen molar-refractivity contribution in [2.45, 2.75) is 53.2 Å². The van der Waals surface area contributed by atoms with Gasteiger partial charge in [-0.1, -0.05) is 48.0 Å². The molecule has 0 N–H and O–H groups in total. The summed E-state index contributed by atoms with van der Waals surface area (Å²) in [5, 5.41) is 11.9. The van der Waals surface area contributed by atoms with E-state index in [-0.39, 0.29) is 10.9 Å². The second kappa shape index (κ2) is 9.56. The lowest BCUT2D eigenvalue weighted by atomic mass is 9.49. The van der Waals surface area contributed by atoms with E-state index >= 15 is 0 Å². The van der Waals surface area contributed by atoms with E-state index in [9.17, 15) is 9.90 Å². The molecule has 4 fully saturated rings. The number of hydrogen-bond acceptors (Lipinski definition) is 2. The molecule has 2 nitrogen and oxygen atoms in total. The van der Waals surface area contributed by atoms with Crippen LogP contribution in [0, 0.1) is 23.2 Å². The number of carboxylic acids is 1. The number of benzene rings is 3. The fourth-order valence-corrected chi connectivity index (χ4v) is 8.66. The van der Waals surface area contributed by atoms with Gasteiger partial charge in [-0.2, -0.15) is 0 Å². The van der Waals surface area contributed by atoms with E-state index in [1.54, 1.807) is 0 Å². The predicted octanol–water partition coefficient (Wildman–Crippen LogP) is 6.39. The number of carboxylic acid groups (broad SMARTS) is 1. The average Bonchev–Trinajstić information content (AvgIpc) is 2.82. The topological polar surface area (TPSA) is 40.1 Å². The van der Waals surface area contributed by atoms with Crippen molar-refractivity contribution in [1.29, 1.82) is 0 Å². The molecule has 0 radical (unpaired) electrons. The van der Waals surface area contributed by atoms with E-state index in [1.165, 1.54) is 33.9 Å². The lowest BCUT2D eigenvalue weighted by molar-refractivity contribution is -0.327. The standard InChI is InChI=1S/C18H14ClS.C11H16O2/c19-15-11-13-18(14-12-15)20(16-7-3-1-4-8-16)17-9-5-2-6-10-17;12-10(13)11-4-7-1-8(5-11)3-9(2-7)6-11/h1-14H;7-9H,1-6H2,(H,12,13)/q+1;/p-1. The summed E-state index contributed by atoms with van der Waals surface area (Å²) in [6, 6.07) is 29.4. The summed E-state index contributed by atoms with van der Waals surface area (Å²) in [4.78, 5) is 15.1. The smallest absolute Gasteiger partial charge is 0.166 e. The van der Waals surface area contributed by atoms with Crippen LogP contribution in [0.15, 0.2) is 99.6 Å². The zero-order valence-corrected chi connectivity index (χ0v) is 20.2. The molecule has 0 unspecified atom stereocenters. The Bertz CT molecular complexity index is 1010. The molecule has 0 aromatic heterocycles. The minimum absolute atomic E-state index is 0.0815. The Morgan fingerprint density at radius 3 is 1.48 bits per heavy atom. The van der Waals surface area contributed by atoms with Crippen LogP contribution in [-0.2, 0) is 15.7 Å². The van der Waals surface area contributed by atoms with Crippen molar-refractivity contribution in [3.8, 4) is 0 Å². The van der Waals surface area contributed by atoms with Crippen LogP contribution in [0.1, 0.15) is 38.5 Å². The summed E-state index contributed by atoms with van der Waals surface area (Å²) >= 11 is 6.01. The third kappa shape index (κ3) is 4.85. The highest BCUT2D eigenvalue weighted by atomic mass is 35.5. The maximum atomic E-state index is 11.1. The summed E-state index contributed by atoms with van der Waals surface area (Å²) in [6.45, 7) is 0. The first-order valence-electron chi connectivity index (χ1n) is 11.8. The number of carbonyl (C=O) groups excluding carboxylic acids is 1. The van der Waals surface area contributed by atoms with Crippen LogP contribution in [0.4, 0.5) is 0 Å². The summed E-state index contributed by atoms with van der Waals surface area (Å²) in [5.74, 6) is 1.38. The first-order valence-corrected chi connectivity index (χ1v) is 13.4. The summed E-state index contributed by atoms with van der Waals surface area (Å²) in [6.07, 6.45) is 6.65. The quantitative estimate of drug-likeness (QED) is 0.409. The molecule has 4 bridgehead atoms. The third-order valence-electron chi connectivity index (χ3n) is 7.48. The number of halogens is 1. The van der Waals surface area contributed by atoms with Gasteiger partial charge in [0.2, 0.25) is 0 Å². The summed E-state index contributed by atoms with van der Waals surface area (Å²) < 4.78 is 0. The van der Waals surface area contributed by atoms with Crippen LogP contribution in [0.25, 0.3) is 0 Å². The van der Waals surface area contributed by atoms with Gasteiger partial charge in [0.25, 0.3) is 0 Å². The van der Waals surface area contributed by atoms with E-state index in [0.717, 1.165) is 24.3 Å². The van der Waals surface area contributed by atoms with Gasteiger partial charge in [0.15, 0.2) is 14.7 Å². The Morgan fingerprint density at radius 1 is 0.697 bits per heavy atom. The Hall–Kier alpha value is -2.23. The molecule has 0 aliphatic heterocycles. The zero-order chi connectivity index (χ0) is 22.8. The average molecular weight is 477 g/mol. The first kappa shape index (κ1) is 22.6. The largest absolute Gasteiger partial charge is 0.550 e. The van der Waals surface area contributed by atoms with Crippen molar-refractivity contribution < 1.29 is 9.90 Å². The van der Waals surface area contributed by atoms with E-state index < -0.39 is 11.4 Å². The lowest BCUT2D eigenvalue weighted by Crippen LogP contribution is -2.54. The van der Waals surface area contributed by atoms with Gasteiger partial charge in [0.1, 0.15) is 0 Å². The molecule has 4 aliphatic rings. The van der Waals surface area contributed by atoms with Gasteiger partial charge in [0, 0.05) is 16.4 Å². The molecule has 3 aromatic carbocycles. The van der Waals surface area contributed by atoms with Crippen molar-refractivity contribution in [1.82, 2.24) is 0 Å². The summed E-state index contributed by atoms with van der Waals surface area (Å²) in [5.41, 5.74) is -0.394. The molecule has 4 heteroatoms. The van der Waals surface area contributed by atoms with Crippen LogP contribution >= 0.6 is 11.6 Å². The molecule has 0 atom stereocenters. The van der Waals surface area contributed by atoms with Crippen LogP contribution in [0.3, 0.4) is 0 Å². The zero-order valence-electron chi connectivity index (χ0n) is 18.7. The van der Waals surface area contributed by atoms with Crippen molar-refractivity contribution >= 4 is 28.5 Å². The SMILES string of the molecule is Clc1ccc([S+](c2ccccc2)c2ccccc2)cc1.O=C([O-])C12CC3CC(CC(C3)C1)C2. The highest BCUT2D eigenvalue weighted by Crippen LogP contribution is 2.59. The van der Waals surface area contributed by atoms with Crippen molar-refractivity contribution in [2.24, 2.45) is 23.2 Å². The molecule has 7 rings (SSSR count). The second-order valence-corrected chi connectivity index (χ2v) is 12.3. The summed E-state index contributed by atoms with van der Waals surface area (Å²) in [7, 11) is -0.0815. The van der Waals surface area contributed by atoms with E-state index in [2.05, 4.69) is 72.8 Å². The fraction of sp³-hybridized carbons (Fsp3) is 0.345. The molecule has 3 aromatic rings. The molecule has 170 valence electrons. The van der Waals surface area contributed by atoms with Gasteiger partial charge < -0.3 is 9.90 Å². The molecular weight excluding hydrogens is 448 g/mol. The van der Waals surface area contributed by atoms with Crippen molar-refractivity contribution in [3.63, 3.8) is 0 Å². The van der Waals surface area contributed by atoms with Gasteiger partial charge in [-0.25, -0.2) is 0 Å². The highest BCUT2D eigenvalue weighted by Gasteiger charge is 2.51. The van der Waals surface area contributed by atoms with Gasteiger partial charge >= 0.3 is 0 Å². The maximum Gasteiger partial charge on any atom is 0.166 e. The Balaban J connectivity index is 0.000000151. The monoisotopic (exact) mass is 476 g/mol. The fourth-order valence-electron chi connectivity index (χ4n) is 6.45. The van der Waals surface area contributed by atoms with Crippen LogP contribution in [0.2, 0.25) is 5.02 Å². The van der Waals surface area contributed by atoms with E-state index in [4.69, 9.17) is 11.6 Å². The van der Waals surface area contributed by atoms with Gasteiger partial charge in [-0.3, -0.25) is 0 Å². The van der Waals surface area contributed by atoms with Crippen LogP contribution < -0.4 is 5.11 Å². The number of aliphatic carboxylic acids is 1. The van der Waals surface area contributed by atoms with E-state index in [1.807, 2.05) is 12.1 Å². The Labute approximate surface area is 204 Å². The van der Waals surface area contributed by atoms with Crippen LogP contribution in [-0.4, -0.2) is 5.97 Å². The molecule has 0 spiro atoms. The maximum absolute atomic E-state index is 11.1. The first-order chi connectivity index (χ1) is 16.0. The van der Waals surface area contributed by atoms with Crippen molar-refractivity contribution in [2.75, 3.05) is 0 Å². The van der Waals surface area contributed by atoms with Crippen LogP contribution in [0.5, 0.6) is 0 Å². The minimum Gasteiger partial charge on any atom is -0.550 e. The second-order valence-electron chi connectivity index (χ2n) is 9.87. The minimum atomic E-state index is -0.758. The number of rotatable bonds is 4. The molecule has 4 aliphatic carbocycles. The molecule has 4 saturated carbocycles. The highest BCUT2D eigenvalue weighted by molar-refractivity contribution is 7.97.